The van der Waals surface area contributed by atoms with E-state index < -0.39 is 34.7 Å². The molecule has 2 aromatic rings. The van der Waals surface area contributed by atoms with Crippen molar-refractivity contribution < 1.29 is 27.4 Å². The second kappa shape index (κ2) is 13.2. The summed E-state index contributed by atoms with van der Waals surface area (Å²) in [5.41, 5.74) is -1.17. The first-order valence-corrected chi connectivity index (χ1v) is 12.4. The van der Waals surface area contributed by atoms with Crippen molar-refractivity contribution in [3.05, 3.63) is 58.9 Å². The molecule has 0 saturated heterocycles. The lowest BCUT2D eigenvalue weighted by molar-refractivity contribution is 0.0729. The van der Waals surface area contributed by atoms with Gasteiger partial charge in [-0.25, -0.2) is 18.0 Å². The highest BCUT2D eigenvalue weighted by molar-refractivity contribution is 5.91. The molecule has 1 saturated carbocycles. The molecule has 0 spiro atoms. The van der Waals surface area contributed by atoms with Crippen LogP contribution in [0.4, 0.5) is 13.2 Å². The molecule has 7 heteroatoms. The Kier molecular flexibility index (Phi) is 10.0. The van der Waals surface area contributed by atoms with Crippen LogP contribution in [-0.4, -0.2) is 12.6 Å². The third-order valence-electron chi connectivity index (χ3n) is 6.67. The maximum atomic E-state index is 14.5. The molecule has 0 amide bonds. The molecule has 1 aliphatic rings. The van der Waals surface area contributed by atoms with Crippen LogP contribution in [0.25, 0.3) is 0 Å². The molecule has 0 aromatic heterocycles. The maximum absolute atomic E-state index is 14.5. The lowest BCUT2D eigenvalue weighted by Gasteiger charge is -2.28. The number of carbonyl (C=O) groups excluding carboxylic acids is 1. The van der Waals surface area contributed by atoms with Gasteiger partial charge in [0.15, 0.2) is 0 Å². The standard InChI is InChI=1S/C28H32F3NO3/c1-2-3-4-5-6-7-19-8-10-20(11-9-19)18-34-21-12-13-23(25(29)14-21)28(33)35-22-15-26(30)24(17-32)27(31)16-22/h12-16,19-20H,2-11,18H2,1H3/t19-,20-. The average Bonchev–Trinajstić information content (AvgIpc) is 2.83. The Labute approximate surface area is 205 Å². The van der Waals surface area contributed by atoms with E-state index in [0.29, 0.717) is 30.4 Å². The summed E-state index contributed by atoms with van der Waals surface area (Å²) >= 11 is 0. The first-order valence-electron chi connectivity index (χ1n) is 12.4. The van der Waals surface area contributed by atoms with Crippen LogP contribution < -0.4 is 9.47 Å². The van der Waals surface area contributed by atoms with Crippen LogP contribution in [0.1, 0.15) is 87.1 Å². The molecule has 35 heavy (non-hydrogen) atoms. The Balaban J connectivity index is 1.46. The Hall–Kier alpha value is -3.01. The molecule has 0 radical (unpaired) electrons. The fourth-order valence-electron chi connectivity index (χ4n) is 4.57. The normalized spacial score (nSPS) is 17.6. The van der Waals surface area contributed by atoms with Gasteiger partial charge in [-0.15, -0.1) is 0 Å². The van der Waals surface area contributed by atoms with E-state index in [0.717, 1.165) is 24.8 Å². The molecule has 0 aliphatic heterocycles. The smallest absolute Gasteiger partial charge is 0.346 e. The van der Waals surface area contributed by atoms with Crippen molar-refractivity contribution in [1.82, 2.24) is 0 Å². The number of unbranched alkanes of at least 4 members (excludes halogenated alkanes) is 4. The molecular formula is C28H32F3NO3. The van der Waals surface area contributed by atoms with Gasteiger partial charge in [-0.2, -0.15) is 5.26 Å². The van der Waals surface area contributed by atoms with Crippen molar-refractivity contribution in [2.45, 2.75) is 71.1 Å². The fraction of sp³-hybridized carbons (Fsp3) is 0.500. The van der Waals surface area contributed by atoms with Gasteiger partial charge in [-0.05, 0) is 36.8 Å². The van der Waals surface area contributed by atoms with Gasteiger partial charge >= 0.3 is 5.97 Å². The van der Waals surface area contributed by atoms with E-state index in [4.69, 9.17) is 14.7 Å². The molecule has 4 nitrogen and oxygen atoms in total. The zero-order chi connectivity index (χ0) is 25.2. The van der Waals surface area contributed by atoms with Gasteiger partial charge in [0.2, 0.25) is 0 Å². The summed E-state index contributed by atoms with van der Waals surface area (Å²) in [6.07, 6.45) is 12.5. The van der Waals surface area contributed by atoms with Crippen molar-refractivity contribution in [2.24, 2.45) is 11.8 Å². The Morgan fingerprint density at radius 3 is 2.17 bits per heavy atom. The maximum Gasteiger partial charge on any atom is 0.346 e. The zero-order valence-electron chi connectivity index (χ0n) is 20.1. The topological polar surface area (TPSA) is 59.3 Å². The number of hydrogen-bond donors (Lipinski definition) is 0. The molecule has 0 N–H and O–H groups in total. The van der Waals surface area contributed by atoms with Gasteiger partial charge in [-0.3, -0.25) is 0 Å². The highest BCUT2D eigenvalue weighted by Crippen LogP contribution is 2.33. The van der Waals surface area contributed by atoms with E-state index in [9.17, 15) is 18.0 Å². The molecule has 188 valence electrons. The third kappa shape index (κ3) is 7.74. The van der Waals surface area contributed by atoms with Gasteiger partial charge in [-0.1, -0.05) is 58.3 Å². The van der Waals surface area contributed by atoms with Crippen molar-refractivity contribution in [3.8, 4) is 17.6 Å². The minimum atomic E-state index is -1.17. The number of ether oxygens (including phenoxy) is 2. The lowest BCUT2D eigenvalue weighted by Crippen LogP contribution is -2.20. The Morgan fingerprint density at radius 1 is 0.914 bits per heavy atom. The Morgan fingerprint density at radius 2 is 1.54 bits per heavy atom. The third-order valence-corrected chi connectivity index (χ3v) is 6.67. The number of nitrogens with zero attached hydrogens (tertiary/aromatic N) is 1. The lowest BCUT2D eigenvalue weighted by atomic mass is 9.80. The highest BCUT2D eigenvalue weighted by atomic mass is 19.1. The molecule has 1 aliphatic carbocycles. The first kappa shape index (κ1) is 26.6. The summed E-state index contributed by atoms with van der Waals surface area (Å²) in [4.78, 5) is 12.3. The summed E-state index contributed by atoms with van der Waals surface area (Å²) in [7, 11) is 0. The van der Waals surface area contributed by atoms with Crippen LogP contribution in [0.2, 0.25) is 0 Å². The number of hydrogen-bond acceptors (Lipinski definition) is 4. The van der Waals surface area contributed by atoms with E-state index in [1.54, 1.807) is 0 Å². The van der Waals surface area contributed by atoms with Gasteiger partial charge < -0.3 is 9.47 Å². The minimum Gasteiger partial charge on any atom is -0.493 e. The van der Waals surface area contributed by atoms with E-state index in [-0.39, 0.29) is 5.56 Å². The number of halogens is 3. The largest absolute Gasteiger partial charge is 0.493 e. The summed E-state index contributed by atoms with van der Waals surface area (Å²) in [6, 6.07) is 6.59. The second-order valence-electron chi connectivity index (χ2n) is 9.31. The van der Waals surface area contributed by atoms with E-state index in [1.807, 2.05) is 0 Å². The second-order valence-corrected chi connectivity index (χ2v) is 9.31. The van der Waals surface area contributed by atoms with Gasteiger partial charge in [0.1, 0.15) is 40.6 Å². The molecule has 0 heterocycles. The summed E-state index contributed by atoms with van der Waals surface area (Å²) in [5, 5.41) is 8.71. The van der Waals surface area contributed by atoms with Crippen molar-refractivity contribution in [2.75, 3.05) is 6.61 Å². The number of benzene rings is 2. The quantitative estimate of drug-likeness (QED) is 0.185. The van der Waals surface area contributed by atoms with Crippen molar-refractivity contribution >= 4 is 5.97 Å². The molecule has 0 bridgehead atoms. The molecule has 2 aromatic carbocycles. The number of nitriles is 1. The van der Waals surface area contributed by atoms with Crippen LogP contribution in [0.3, 0.4) is 0 Å². The van der Waals surface area contributed by atoms with Crippen LogP contribution in [0.5, 0.6) is 11.5 Å². The van der Waals surface area contributed by atoms with E-state index in [1.165, 1.54) is 69.6 Å². The zero-order valence-corrected chi connectivity index (χ0v) is 20.1. The predicted molar refractivity (Wildman–Crippen MR) is 127 cm³/mol. The summed E-state index contributed by atoms with van der Waals surface area (Å²) < 4.78 is 52.6. The van der Waals surface area contributed by atoms with Gasteiger partial charge in [0, 0.05) is 18.2 Å². The molecule has 0 atom stereocenters. The predicted octanol–water partition coefficient (Wildman–Crippen LogP) is 7.74. The summed E-state index contributed by atoms with van der Waals surface area (Å²) in [5.74, 6) is -3.21. The van der Waals surface area contributed by atoms with Crippen LogP contribution >= 0.6 is 0 Å². The average molecular weight is 488 g/mol. The SMILES string of the molecule is CCCCCCC[C@H]1CC[C@H](COc2ccc(C(=O)Oc3cc(F)c(C#N)c(F)c3)c(F)c2)CC1. The number of esters is 1. The van der Waals surface area contributed by atoms with Crippen LogP contribution in [0, 0.1) is 40.6 Å². The van der Waals surface area contributed by atoms with Crippen LogP contribution in [-0.2, 0) is 0 Å². The summed E-state index contributed by atoms with van der Waals surface area (Å²) in [6.45, 7) is 2.72. The molecule has 1 fully saturated rings. The first-order chi connectivity index (χ1) is 16.9. The number of rotatable bonds is 11. The van der Waals surface area contributed by atoms with Crippen molar-refractivity contribution in [3.63, 3.8) is 0 Å². The number of carbonyl (C=O) groups is 1. The molecule has 3 rings (SSSR count). The Bertz CT molecular complexity index is 1020. The minimum absolute atomic E-state index is 0.313. The van der Waals surface area contributed by atoms with Gasteiger partial charge in [0.25, 0.3) is 0 Å². The molecule has 0 unspecified atom stereocenters. The molecular weight excluding hydrogens is 455 g/mol. The van der Waals surface area contributed by atoms with E-state index in [2.05, 4.69) is 6.92 Å². The monoisotopic (exact) mass is 487 g/mol. The highest BCUT2D eigenvalue weighted by Gasteiger charge is 2.22. The van der Waals surface area contributed by atoms with Crippen LogP contribution in [0.15, 0.2) is 30.3 Å². The van der Waals surface area contributed by atoms with Gasteiger partial charge in [0.05, 0.1) is 12.2 Å². The van der Waals surface area contributed by atoms with Crippen molar-refractivity contribution in [1.29, 1.82) is 5.26 Å². The van der Waals surface area contributed by atoms with E-state index >= 15 is 0 Å². The fourth-order valence-corrected chi connectivity index (χ4v) is 4.57.